The third-order valence-corrected chi connectivity index (χ3v) is 5.00. The predicted octanol–water partition coefficient (Wildman–Crippen LogP) is -2.14. The Balaban J connectivity index is 2.99. The van der Waals surface area contributed by atoms with E-state index < -0.39 is 52.5 Å². The van der Waals surface area contributed by atoms with Gasteiger partial charge >= 0.3 is 0 Å². The highest BCUT2D eigenvalue weighted by atomic mass is 32.3. The van der Waals surface area contributed by atoms with Crippen molar-refractivity contribution in [1.82, 2.24) is 0 Å². The van der Waals surface area contributed by atoms with Crippen LogP contribution in [0.2, 0.25) is 0 Å². The van der Waals surface area contributed by atoms with Crippen LogP contribution in [0.4, 0.5) is 0 Å². The van der Waals surface area contributed by atoms with Crippen molar-refractivity contribution in [3.8, 4) is 0 Å². The molecule has 25 heavy (non-hydrogen) atoms. The Morgan fingerprint density at radius 1 is 1.32 bits per heavy atom. The van der Waals surface area contributed by atoms with Crippen molar-refractivity contribution < 1.29 is 47.5 Å². The molecule has 0 aliphatic carbocycles. The quantitative estimate of drug-likeness (QED) is 0.102. The largest absolute Gasteiger partial charge is 0.714 e. The maximum atomic E-state index is 10.6. The molecule has 0 bridgehead atoms. The molecule has 1 aliphatic heterocycles. The fourth-order valence-electron chi connectivity index (χ4n) is 1.93. The normalized spacial score (nSPS) is 33.8. The summed E-state index contributed by atoms with van der Waals surface area (Å²) in [5.74, 6) is 0. The van der Waals surface area contributed by atoms with E-state index >= 15 is 0 Å². The van der Waals surface area contributed by atoms with E-state index in [1.54, 1.807) is 6.92 Å². The van der Waals surface area contributed by atoms with Crippen LogP contribution in [0, 0.1) is 0 Å². The van der Waals surface area contributed by atoms with Gasteiger partial charge in [0.2, 0.25) is 0 Å². The fourth-order valence-corrected chi connectivity index (χ4v) is 3.40. The molecular weight excluding hydrogens is 382 g/mol. The van der Waals surface area contributed by atoms with Crippen molar-refractivity contribution in [3.63, 3.8) is 0 Å². The molecule has 13 heteroatoms. The van der Waals surface area contributed by atoms with Crippen molar-refractivity contribution in [2.75, 3.05) is 6.61 Å². The van der Waals surface area contributed by atoms with E-state index in [2.05, 4.69) is 9.44 Å². The summed E-state index contributed by atoms with van der Waals surface area (Å²) in [4.78, 5) is 0. The van der Waals surface area contributed by atoms with Gasteiger partial charge in [0.1, 0.15) is 34.9 Å². The summed E-state index contributed by atoms with van der Waals surface area (Å²) in [6.07, 6.45) is -5.96. The molecule has 1 saturated heterocycles. The summed E-state index contributed by atoms with van der Waals surface area (Å²) in [5, 5.41) is 51.7. The Hall–Kier alpha value is -0.510. The van der Waals surface area contributed by atoms with Gasteiger partial charge < -0.3 is 34.8 Å². The van der Waals surface area contributed by atoms with Crippen molar-refractivity contribution in [3.05, 3.63) is 0 Å². The number of ether oxygens (including phenoxy) is 1. The summed E-state index contributed by atoms with van der Waals surface area (Å²) in [7, 11) is -5.14. The number of hydrogen-bond acceptors (Lipinski definition) is 12. The number of hydrogen-bond donors (Lipinski definition) is 5. The molecule has 0 aromatic carbocycles. The van der Waals surface area contributed by atoms with E-state index in [9.17, 15) is 33.4 Å². The Labute approximate surface area is 149 Å². The highest BCUT2D eigenvalue weighted by Gasteiger charge is 2.44. The first kappa shape index (κ1) is 22.5. The lowest BCUT2D eigenvalue weighted by atomic mass is 10.0. The first-order valence-corrected chi connectivity index (χ1v) is 9.52. The van der Waals surface area contributed by atoms with Gasteiger partial charge in [0.05, 0.1) is 12.2 Å². The second-order valence-electron chi connectivity index (χ2n) is 5.81. The van der Waals surface area contributed by atoms with Crippen LogP contribution < -0.4 is 0 Å². The zero-order valence-corrected chi connectivity index (χ0v) is 15.2. The van der Waals surface area contributed by atoms with Crippen molar-refractivity contribution >= 4 is 27.2 Å². The van der Waals surface area contributed by atoms with E-state index in [0.29, 0.717) is 11.8 Å². The first-order chi connectivity index (χ1) is 11.4. The van der Waals surface area contributed by atoms with Crippen molar-refractivity contribution in [2.24, 2.45) is 5.16 Å². The highest BCUT2D eigenvalue weighted by Crippen LogP contribution is 2.32. The van der Waals surface area contributed by atoms with Crippen LogP contribution in [0.25, 0.3) is 0 Å². The number of oxime groups is 1. The minimum Gasteiger partial charge on any atom is -0.714 e. The molecule has 1 aliphatic rings. The number of rotatable bonds is 7. The van der Waals surface area contributed by atoms with E-state index in [1.807, 2.05) is 0 Å². The Morgan fingerprint density at radius 2 is 1.92 bits per heavy atom. The zero-order chi connectivity index (χ0) is 19.4. The van der Waals surface area contributed by atoms with Crippen LogP contribution in [-0.4, -0.2) is 85.6 Å². The molecule has 0 radical (unpaired) electrons. The summed E-state index contributed by atoms with van der Waals surface area (Å²) >= 11 is 0.589. The highest BCUT2D eigenvalue weighted by molar-refractivity contribution is 8.14. The first-order valence-electron chi connectivity index (χ1n) is 7.31. The molecule has 1 fully saturated rings. The van der Waals surface area contributed by atoms with E-state index in [1.165, 1.54) is 6.92 Å². The number of nitrogens with zero attached hydrogens (tertiary/aromatic N) is 1. The van der Waals surface area contributed by atoms with Gasteiger partial charge in [0.15, 0.2) is 0 Å². The average Bonchev–Trinajstić information content (AvgIpc) is 2.52. The zero-order valence-electron chi connectivity index (χ0n) is 13.5. The smallest absolute Gasteiger partial charge is 0.284 e. The SMILES string of the molecule is CCC(C)(O)CC(=NOS(=O)(=O)[O-])SC1OC(CO)C(O)C(O)C1O. The van der Waals surface area contributed by atoms with E-state index in [4.69, 9.17) is 9.84 Å². The molecular formula is C12H22NO10S2-. The number of aliphatic hydroxyl groups is 5. The van der Waals surface area contributed by atoms with Crippen LogP contribution in [0.1, 0.15) is 26.7 Å². The Kier molecular flexibility index (Phi) is 8.04. The fraction of sp³-hybridized carbons (Fsp3) is 0.917. The van der Waals surface area contributed by atoms with Crippen LogP contribution in [-0.2, 0) is 19.4 Å². The lowest BCUT2D eigenvalue weighted by Gasteiger charge is -2.39. The summed E-state index contributed by atoms with van der Waals surface area (Å²) in [5.41, 5.74) is -2.59. The Bertz CT molecular complexity index is 564. The third-order valence-electron chi connectivity index (χ3n) is 3.62. The molecule has 6 atom stereocenters. The molecule has 5 N–H and O–H groups in total. The second kappa shape index (κ2) is 8.92. The average molecular weight is 404 g/mol. The molecule has 6 unspecified atom stereocenters. The van der Waals surface area contributed by atoms with Gasteiger partial charge in [-0.15, -0.1) is 0 Å². The standard InChI is InChI=1S/C12H23NO10S2/c1-3-12(2,18)4-7(13-23-25(19,20)21)24-11-10(17)9(16)8(15)6(5-14)22-11/h6,8-11,14-18H,3-5H2,1-2H3,(H,19,20,21)/p-1. The second-order valence-corrected chi connectivity index (χ2v) is 7.95. The van der Waals surface area contributed by atoms with E-state index in [0.717, 1.165) is 0 Å². The van der Waals surface area contributed by atoms with Gasteiger partial charge in [0.25, 0.3) is 10.4 Å². The minimum atomic E-state index is -5.14. The van der Waals surface area contributed by atoms with Crippen LogP contribution >= 0.6 is 11.8 Å². The molecule has 0 amide bonds. The molecule has 0 aromatic rings. The lowest BCUT2D eigenvalue weighted by molar-refractivity contribution is -0.205. The predicted molar refractivity (Wildman–Crippen MR) is 85.1 cm³/mol. The van der Waals surface area contributed by atoms with Gasteiger partial charge in [0, 0.05) is 6.42 Å². The van der Waals surface area contributed by atoms with Gasteiger partial charge in [-0.3, -0.25) is 4.28 Å². The van der Waals surface area contributed by atoms with E-state index in [-0.39, 0.29) is 17.9 Å². The summed E-state index contributed by atoms with van der Waals surface area (Å²) in [6.45, 7) is 2.44. The molecule has 11 nitrogen and oxygen atoms in total. The van der Waals surface area contributed by atoms with Crippen LogP contribution in [0.15, 0.2) is 5.16 Å². The Morgan fingerprint density at radius 3 is 2.40 bits per heavy atom. The summed E-state index contributed by atoms with van der Waals surface area (Å²) < 4.78 is 40.8. The molecule has 0 aromatic heterocycles. The lowest BCUT2D eigenvalue weighted by Crippen LogP contribution is -2.57. The van der Waals surface area contributed by atoms with Gasteiger partial charge in [-0.1, -0.05) is 23.8 Å². The third kappa shape index (κ3) is 6.96. The maximum Gasteiger partial charge on any atom is 0.284 e. The van der Waals surface area contributed by atoms with Crippen LogP contribution in [0.3, 0.4) is 0 Å². The molecule has 0 spiro atoms. The number of aliphatic hydroxyl groups excluding tert-OH is 4. The van der Waals surface area contributed by atoms with Crippen molar-refractivity contribution in [2.45, 2.75) is 62.1 Å². The van der Waals surface area contributed by atoms with Gasteiger partial charge in [-0.25, -0.2) is 0 Å². The van der Waals surface area contributed by atoms with Crippen molar-refractivity contribution in [1.29, 1.82) is 0 Å². The monoisotopic (exact) mass is 404 g/mol. The molecule has 148 valence electrons. The minimum absolute atomic E-state index is 0.199. The topological polar surface area (TPSA) is 189 Å². The molecule has 1 rings (SSSR count). The van der Waals surface area contributed by atoms with Gasteiger partial charge in [-0.2, -0.15) is 8.42 Å². The summed E-state index contributed by atoms with van der Waals surface area (Å²) in [6, 6.07) is 0. The molecule has 1 heterocycles. The number of thioether (sulfide) groups is 1. The van der Waals surface area contributed by atoms with Gasteiger partial charge in [-0.05, 0) is 13.3 Å². The molecule has 0 saturated carbocycles. The van der Waals surface area contributed by atoms with Crippen LogP contribution in [0.5, 0.6) is 0 Å². The maximum absolute atomic E-state index is 10.6.